The summed E-state index contributed by atoms with van der Waals surface area (Å²) in [5.41, 5.74) is 1.67. The maximum Gasteiger partial charge on any atom is 0.243 e. The summed E-state index contributed by atoms with van der Waals surface area (Å²) >= 11 is 9.26. The molecular weight excluding hydrogens is 500 g/mol. The van der Waals surface area contributed by atoms with Gasteiger partial charge in [0.2, 0.25) is 15.9 Å². The van der Waals surface area contributed by atoms with Gasteiger partial charge in [-0.3, -0.25) is 4.79 Å². The number of hydrogen-bond donors (Lipinski definition) is 1. The molecule has 0 aliphatic carbocycles. The molecule has 0 aliphatic heterocycles. The predicted molar refractivity (Wildman–Crippen MR) is 126 cm³/mol. The number of carbonyl (C=O) groups is 1. The lowest BCUT2D eigenvalue weighted by molar-refractivity contribution is -0.122. The molecule has 0 aromatic heterocycles. The summed E-state index contributed by atoms with van der Waals surface area (Å²) in [5, 5.41) is 3.44. The number of rotatable bonds is 8. The second kappa shape index (κ2) is 10.4. The van der Waals surface area contributed by atoms with Crippen LogP contribution in [0.3, 0.4) is 0 Å². The molecule has 0 aliphatic rings. The lowest BCUT2D eigenvalue weighted by atomic mass is 10.1. The molecule has 0 bridgehead atoms. The Kier molecular flexibility index (Phi) is 7.89. The largest absolute Gasteiger partial charge is 0.348 e. The van der Waals surface area contributed by atoms with E-state index in [1.54, 1.807) is 36.4 Å². The van der Waals surface area contributed by atoms with Crippen LogP contribution in [0.15, 0.2) is 88.2 Å². The first-order valence-corrected chi connectivity index (χ1v) is 12.2. The molecule has 1 N–H and O–H groups in total. The van der Waals surface area contributed by atoms with Crippen LogP contribution < -0.4 is 5.32 Å². The van der Waals surface area contributed by atoms with Crippen molar-refractivity contribution in [2.45, 2.75) is 24.4 Å². The minimum Gasteiger partial charge on any atom is -0.348 e. The summed E-state index contributed by atoms with van der Waals surface area (Å²) in [7, 11) is -3.90. The lowest BCUT2D eigenvalue weighted by Crippen LogP contribution is -2.41. The van der Waals surface area contributed by atoms with Crippen molar-refractivity contribution in [2.24, 2.45) is 0 Å². The van der Waals surface area contributed by atoms with Crippen LogP contribution in [-0.2, 0) is 21.4 Å². The SMILES string of the molecule is C[C@@H](NC(=O)CN(Cc1ccc(Cl)cc1)S(=O)(=O)c1ccc(Br)cc1)c1ccccc1. The monoisotopic (exact) mass is 520 g/mol. The third kappa shape index (κ3) is 6.40. The normalized spacial score (nSPS) is 12.5. The van der Waals surface area contributed by atoms with Crippen molar-refractivity contribution in [3.63, 3.8) is 0 Å². The quantitative estimate of drug-likeness (QED) is 0.445. The second-order valence-electron chi connectivity index (χ2n) is 7.05. The van der Waals surface area contributed by atoms with Gasteiger partial charge in [0, 0.05) is 16.0 Å². The highest BCUT2D eigenvalue weighted by molar-refractivity contribution is 9.10. The molecule has 0 unspecified atom stereocenters. The van der Waals surface area contributed by atoms with Crippen molar-refractivity contribution in [3.8, 4) is 0 Å². The smallest absolute Gasteiger partial charge is 0.243 e. The van der Waals surface area contributed by atoms with E-state index in [0.717, 1.165) is 15.6 Å². The van der Waals surface area contributed by atoms with Crippen LogP contribution in [0.2, 0.25) is 5.02 Å². The Hall–Kier alpha value is -2.19. The fraction of sp³-hybridized carbons (Fsp3) is 0.174. The van der Waals surface area contributed by atoms with E-state index in [-0.39, 0.29) is 29.9 Å². The molecule has 5 nitrogen and oxygen atoms in total. The minimum absolute atomic E-state index is 0.0443. The molecule has 8 heteroatoms. The summed E-state index contributed by atoms with van der Waals surface area (Å²) in [6, 6.07) is 22.5. The number of carbonyl (C=O) groups excluding carboxylic acids is 1. The van der Waals surface area contributed by atoms with Crippen molar-refractivity contribution >= 4 is 43.5 Å². The first-order valence-electron chi connectivity index (χ1n) is 9.60. The van der Waals surface area contributed by atoms with E-state index in [1.165, 1.54) is 16.4 Å². The number of nitrogens with zero attached hydrogens (tertiary/aromatic N) is 1. The van der Waals surface area contributed by atoms with Crippen molar-refractivity contribution in [1.82, 2.24) is 9.62 Å². The zero-order chi connectivity index (χ0) is 22.4. The van der Waals surface area contributed by atoms with Crippen LogP contribution in [0.4, 0.5) is 0 Å². The highest BCUT2D eigenvalue weighted by atomic mass is 79.9. The Labute approximate surface area is 196 Å². The fourth-order valence-electron chi connectivity index (χ4n) is 3.05. The molecule has 0 fully saturated rings. The van der Waals surface area contributed by atoms with Gasteiger partial charge in [-0.05, 0) is 54.4 Å². The van der Waals surface area contributed by atoms with Crippen molar-refractivity contribution in [1.29, 1.82) is 0 Å². The molecule has 1 atom stereocenters. The van der Waals surface area contributed by atoms with E-state index in [2.05, 4.69) is 21.2 Å². The van der Waals surface area contributed by atoms with Gasteiger partial charge in [0.05, 0.1) is 17.5 Å². The van der Waals surface area contributed by atoms with Gasteiger partial charge in [-0.1, -0.05) is 70.0 Å². The maximum atomic E-state index is 13.3. The van der Waals surface area contributed by atoms with E-state index in [9.17, 15) is 13.2 Å². The molecular formula is C23H22BrClN2O3S. The Bertz CT molecular complexity index is 1120. The van der Waals surface area contributed by atoms with Crippen molar-refractivity contribution in [3.05, 3.63) is 99.5 Å². The van der Waals surface area contributed by atoms with Gasteiger partial charge in [-0.2, -0.15) is 4.31 Å². The number of nitrogens with one attached hydrogen (secondary N) is 1. The Morgan fingerprint density at radius 1 is 1.00 bits per heavy atom. The van der Waals surface area contributed by atoms with Crippen LogP contribution in [0.25, 0.3) is 0 Å². The zero-order valence-corrected chi connectivity index (χ0v) is 20.0. The number of halogens is 2. The van der Waals surface area contributed by atoms with Gasteiger partial charge >= 0.3 is 0 Å². The van der Waals surface area contributed by atoms with E-state index in [0.29, 0.717) is 5.02 Å². The van der Waals surface area contributed by atoms with Crippen molar-refractivity contribution < 1.29 is 13.2 Å². The lowest BCUT2D eigenvalue weighted by Gasteiger charge is -2.23. The van der Waals surface area contributed by atoms with Gasteiger partial charge in [-0.25, -0.2) is 8.42 Å². The molecule has 3 rings (SSSR count). The van der Waals surface area contributed by atoms with Gasteiger partial charge in [0.15, 0.2) is 0 Å². The standard InChI is InChI=1S/C23H22BrClN2O3S/c1-17(19-5-3-2-4-6-19)26-23(28)16-27(15-18-7-11-21(25)12-8-18)31(29,30)22-13-9-20(24)10-14-22/h2-14,17H,15-16H2,1H3,(H,26,28)/t17-/m1/s1. The molecule has 3 aromatic rings. The molecule has 162 valence electrons. The third-order valence-corrected chi connectivity index (χ3v) is 7.31. The number of benzene rings is 3. The van der Waals surface area contributed by atoms with Gasteiger partial charge in [0.1, 0.15) is 0 Å². The number of amides is 1. The predicted octanol–water partition coefficient (Wildman–Crippen LogP) is 5.17. The molecule has 0 spiro atoms. The van der Waals surface area contributed by atoms with Crippen LogP contribution in [0.1, 0.15) is 24.1 Å². The minimum atomic E-state index is -3.90. The molecule has 3 aromatic carbocycles. The Balaban J connectivity index is 1.83. The van der Waals surface area contributed by atoms with Crippen LogP contribution in [0.5, 0.6) is 0 Å². The summed E-state index contributed by atoms with van der Waals surface area (Å²) < 4.78 is 28.6. The highest BCUT2D eigenvalue weighted by Gasteiger charge is 2.27. The maximum absolute atomic E-state index is 13.3. The number of sulfonamides is 1. The van der Waals surface area contributed by atoms with E-state index in [4.69, 9.17) is 11.6 Å². The molecule has 0 saturated heterocycles. The highest BCUT2D eigenvalue weighted by Crippen LogP contribution is 2.22. The number of hydrogen-bond acceptors (Lipinski definition) is 3. The van der Waals surface area contributed by atoms with Crippen LogP contribution >= 0.6 is 27.5 Å². The summed E-state index contributed by atoms with van der Waals surface area (Å²) in [4.78, 5) is 12.9. The average molecular weight is 522 g/mol. The molecule has 1 amide bonds. The molecule has 0 radical (unpaired) electrons. The first kappa shape index (κ1) is 23.5. The topological polar surface area (TPSA) is 66.5 Å². The van der Waals surface area contributed by atoms with Crippen molar-refractivity contribution in [2.75, 3.05) is 6.54 Å². The van der Waals surface area contributed by atoms with Gasteiger partial charge in [-0.15, -0.1) is 0 Å². The van der Waals surface area contributed by atoms with Crippen LogP contribution in [0, 0.1) is 0 Å². The zero-order valence-electron chi connectivity index (χ0n) is 16.8. The van der Waals surface area contributed by atoms with Crippen LogP contribution in [-0.4, -0.2) is 25.2 Å². The van der Waals surface area contributed by atoms with Gasteiger partial charge in [0.25, 0.3) is 0 Å². The summed E-state index contributed by atoms with van der Waals surface area (Å²) in [5.74, 6) is -0.383. The summed E-state index contributed by atoms with van der Waals surface area (Å²) in [6.07, 6.45) is 0. The summed E-state index contributed by atoms with van der Waals surface area (Å²) in [6.45, 7) is 1.60. The van der Waals surface area contributed by atoms with E-state index < -0.39 is 10.0 Å². The molecule has 31 heavy (non-hydrogen) atoms. The second-order valence-corrected chi connectivity index (χ2v) is 10.3. The van der Waals surface area contributed by atoms with E-state index >= 15 is 0 Å². The fourth-order valence-corrected chi connectivity index (χ4v) is 4.82. The van der Waals surface area contributed by atoms with Gasteiger partial charge < -0.3 is 5.32 Å². The first-order chi connectivity index (χ1) is 14.8. The average Bonchev–Trinajstić information content (AvgIpc) is 2.75. The Morgan fingerprint density at radius 2 is 1.61 bits per heavy atom. The van der Waals surface area contributed by atoms with E-state index in [1.807, 2.05) is 37.3 Å². The third-order valence-electron chi connectivity index (χ3n) is 4.72. The molecule has 0 saturated carbocycles. The Morgan fingerprint density at radius 3 is 2.23 bits per heavy atom. The molecule has 0 heterocycles.